The monoisotopic (exact) mass is 305 g/mol. The Kier molecular flexibility index (Phi) is 3.61. The summed E-state index contributed by atoms with van der Waals surface area (Å²) in [6, 6.07) is 9.77. The number of hydrogen-bond acceptors (Lipinski definition) is 8. The molecule has 7 nitrogen and oxygen atoms in total. The molecule has 3 aromatic rings. The van der Waals surface area contributed by atoms with Crippen LogP contribution in [0.15, 0.2) is 34.7 Å². The van der Waals surface area contributed by atoms with Crippen LogP contribution in [0.4, 0.5) is 5.13 Å². The summed E-state index contributed by atoms with van der Waals surface area (Å²) in [5.74, 6) is 0.759. The summed E-state index contributed by atoms with van der Waals surface area (Å²) in [5.41, 5.74) is 6.51. The van der Waals surface area contributed by atoms with E-state index in [4.69, 9.17) is 5.73 Å². The predicted octanol–water partition coefficient (Wildman–Crippen LogP) is 1.95. The largest absolute Gasteiger partial charge is 0.374 e. The Balaban J connectivity index is 1.86. The highest BCUT2D eigenvalue weighted by atomic mass is 32.2. The third kappa shape index (κ3) is 2.63. The smallest absolute Gasteiger partial charge is 0.203 e. The molecular weight excluding hydrogens is 294 g/mol. The maximum Gasteiger partial charge on any atom is 0.203 e. The molecule has 1 aromatic carbocycles. The minimum atomic E-state index is 0.0394. The van der Waals surface area contributed by atoms with Gasteiger partial charge in [0, 0.05) is 0 Å². The van der Waals surface area contributed by atoms with Crippen LogP contribution in [0.5, 0.6) is 0 Å². The lowest BCUT2D eigenvalue weighted by Crippen LogP contribution is -2.04. The number of tetrazole rings is 1. The maximum atomic E-state index is 5.58. The number of rotatable bonds is 4. The Bertz CT molecular complexity index is 694. The highest BCUT2D eigenvalue weighted by Crippen LogP contribution is 2.36. The highest BCUT2D eigenvalue weighted by Gasteiger charge is 2.18. The molecule has 0 aliphatic heterocycles. The first kappa shape index (κ1) is 13.0. The van der Waals surface area contributed by atoms with Crippen molar-refractivity contribution >= 4 is 28.2 Å². The summed E-state index contributed by atoms with van der Waals surface area (Å²) >= 11 is 2.89. The molecule has 0 bridgehead atoms. The van der Waals surface area contributed by atoms with E-state index in [2.05, 4.69) is 25.7 Å². The lowest BCUT2D eigenvalue weighted by Gasteiger charge is -2.09. The number of anilines is 1. The molecule has 1 unspecified atom stereocenters. The molecule has 0 fully saturated rings. The van der Waals surface area contributed by atoms with Gasteiger partial charge in [-0.3, -0.25) is 0 Å². The number of benzene rings is 1. The molecule has 1 atom stereocenters. The summed E-state index contributed by atoms with van der Waals surface area (Å²) in [6.07, 6.45) is 0. The van der Waals surface area contributed by atoms with Crippen LogP contribution in [0, 0.1) is 0 Å². The Morgan fingerprint density at radius 2 is 2.00 bits per heavy atom. The molecule has 9 heteroatoms. The van der Waals surface area contributed by atoms with E-state index in [0.29, 0.717) is 5.13 Å². The zero-order chi connectivity index (χ0) is 13.9. The van der Waals surface area contributed by atoms with Crippen molar-refractivity contribution < 1.29 is 0 Å². The predicted molar refractivity (Wildman–Crippen MR) is 77.7 cm³/mol. The fourth-order valence-corrected chi connectivity index (χ4v) is 3.54. The number of hydrogen-bond donors (Lipinski definition) is 1. The molecule has 2 aromatic heterocycles. The number of aromatic nitrogens is 6. The molecule has 2 heterocycles. The van der Waals surface area contributed by atoms with Gasteiger partial charge in [-0.15, -0.1) is 15.3 Å². The van der Waals surface area contributed by atoms with Gasteiger partial charge in [-0.05, 0) is 29.5 Å². The van der Waals surface area contributed by atoms with Gasteiger partial charge in [0.05, 0.1) is 10.9 Å². The van der Waals surface area contributed by atoms with E-state index >= 15 is 0 Å². The standard InChI is InChI=1S/C11H11N7S2/c1-7(19-11-15-14-10(12)20-11)9-13-16-17-18(9)8-5-3-2-4-6-8/h2-7H,1H3,(H2,12,14). The number of nitrogens with zero attached hydrogens (tertiary/aromatic N) is 6. The molecule has 3 rings (SSSR count). The van der Waals surface area contributed by atoms with Gasteiger partial charge in [0.25, 0.3) is 0 Å². The van der Waals surface area contributed by atoms with Gasteiger partial charge >= 0.3 is 0 Å². The maximum absolute atomic E-state index is 5.58. The second-order valence-electron chi connectivity index (χ2n) is 3.95. The fraction of sp³-hybridized carbons (Fsp3) is 0.182. The van der Waals surface area contributed by atoms with E-state index in [9.17, 15) is 0 Å². The number of nitrogens with two attached hydrogens (primary N) is 1. The van der Waals surface area contributed by atoms with E-state index in [1.807, 2.05) is 37.3 Å². The average molecular weight is 305 g/mol. The topological polar surface area (TPSA) is 95.4 Å². The van der Waals surface area contributed by atoms with E-state index < -0.39 is 0 Å². The number of thioether (sulfide) groups is 1. The summed E-state index contributed by atoms with van der Waals surface area (Å²) in [7, 11) is 0. The van der Waals surface area contributed by atoms with Crippen molar-refractivity contribution in [1.82, 2.24) is 30.4 Å². The molecule has 102 valence electrons. The molecule has 0 saturated heterocycles. The molecule has 0 radical (unpaired) electrons. The normalized spacial score (nSPS) is 12.4. The Hall–Kier alpha value is -2.00. The summed E-state index contributed by atoms with van der Waals surface area (Å²) in [5, 5.41) is 20.2. The third-order valence-corrected chi connectivity index (χ3v) is 4.49. The van der Waals surface area contributed by atoms with Gasteiger partial charge in [-0.1, -0.05) is 41.3 Å². The van der Waals surface area contributed by atoms with E-state index in [-0.39, 0.29) is 5.25 Å². The Morgan fingerprint density at radius 3 is 2.70 bits per heavy atom. The first-order chi connectivity index (χ1) is 9.74. The van der Waals surface area contributed by atoms with Crippen LogP contribution < -0.4 is 5.73 Å². The van der Waals surface area contributed by atoms with Gasteiger partial charge in [0.1, 0.15) is 0 Å². The molecule has 20 heavy (non-hydrogen) atoms. The summed E-state index contributed by atoms with van der Waals surface area (Å²) in [4.78, 5) is 0. The second-order valence-corrected chi connectivity index (χ2v) is 6.55. The van der Waals surface area contributed by atoms with E-state index in [1.165, 1.54) is 23.1 Å². The van der Waals surface area contributed by atoms with Crippen LogP contribution in [0.1, 0.15) is 18.0 Å². The lowest BCUT2D eigenvalue weighted by molar-refractivity contribution is 0.762. The van der Waals surface area contributed by atoms with Crippen LogP contribution in [-0.4, -0.2) is 30.4 Å². The molecule has 0 saturated carbocycles. The van der Waals surface area contributed by atoms with E-state index in [1.54, 1.807) is 4.68 Å². The van der Waals surface area contributed by atoms with Crippen molar-refractivity contribution in [3.63, 3.8) is 0 Å². The van der Waals surface area contributed by atoms with Gasteiger partial charge in [-0.25, -0.2) is 0 Å². The zero-order valence-electron chi connectivity index (χ0n) is 10.5. The Morgan fingerprint density at radius 1 is 1.20 bits per heavy atom. The van der Waals surface area contributed by atoms with Crippen molar-refractivity contribution in [1.29, 1.82) is 0 Å². The average Bonchev–Trinajstić information content (AvgIpc) is 3.09. The van der Waals surface area contributed by atoms with Crippen molar-refractivity contribution in [3.05, 3.63) is 36.2 Å². The molecular formula is C11H11N7S2. The van der Waals surface area contributed by atoms with Crippen LogP contribution in [0.3, 0.4) is 0 Å². The van der Waals surface area contributed by atoms with Gasteiger partial charge in [0.2, 0.25) is 5.13 Å². The van der Waals surface area contributed by atoms with Gasteiger partial charge in [0.15, 0.2) is 10.2 Å². The SMILES string of the molecule is CC(Sc1nnc(N)s1)c1nnnn1-c1ccccc1. The van der Waals surface area contributed by atoms with E-state index in [0.717, 1.165) is 15.9 Å². The summed E-state index contributed by atoms with van der Waals surface area (Å²) < 4.78 is 2.53. The molecule has 0 aliphatic rings. The fourth-order valence-electron chi connectivity index (χ4n) is 1.67. The molecule has 0 amide bonds. The van der Waals surface area contributed by atoms with Crippen LogP contribution in [-0.2, 0) is 0 Å². The van der Waals surface area contributed by atoms with Crippen molar-refractivity contribution in [2.45, 2.75) is 16.5 Å². The second kappa shape index (κ2) is 5.55. The highest BCUT2D eigenvalue weighted by molar-refractivity contribution is 8.01. The summed E-state index contributed by atoms with van der Waals surface area (Å²) in [6.45, 7) is 2.02. The van der Waals surface area contributed by atoms with Crippen LogP contribution in [0.2, 0.25) is 0 Å². The van der Waals surface area contributed by atoms with Crippen molar-refractivity contribution in [2.75, 3.05) is 5.73 Å². The zero-order valence-corrected chi connectivity index (χ0v) is 12.2. The molecule has 0 spiro atoms. The first-order valence-corrected chi connectivity index (χ1v) is 7.53. The number of para-hydroxylation sites is 1. The van der Waals surface area contributed by atoms with Crippen LogP contribution in [0.25, 0.3) is 5.69 Å². The van der Waals surface area contributed by atoms with Crippen molar-refractivity contribution in [3.8, 4) is 5.69 Å². The Labute approximate surface area is 123 Å². The molecule has 2 N–H and O–H groups in total. The number of nitrogen functional groups attached to an aromatic ring is 1. The molecule has 0 aliphatic carbocycles. The third-order valence-electron chi connectivity index (χ3n) is 2.56. The minimum Gasteiger partial charge on any atom is -0.374 e. The van der Waals surface area contributed by atoms with Crippen LogP contribution >= 0.6 is 23.1 Å². The lowest BCUT2D eigenvalue weighted by atomic mass is 10.3. The minimum absolute atomic E-state index is 0.0394. The van der Waals surface area contributed by atoms with Gasteiger partial charge < -0.3 is 5.73 Å². The van der Waals surface area contributed by atoms with Crippen molar-refractivity contribution in [2.24, 2.45) is 0 Å². The first-order valence-electron chi connectivity index (χ1n) is 5.83. The van der Waals surface area contributed by atoms with Gasteiger partial charge in [-0.2, -0.15) is 4.68 Å². The quantitative estimate of drug-likeness (QED) is 0.736.